The number of aromatic nitrogens is 4. The molecule has 35 heavy (non-hydrogen) atoms. The molecular weight excluding hydrogens is 438 g/mol. The average Bonchev–Trinajstić information content (AvgIpc) is 3.38. The number of pyridine rings is 1. The molecule has 4 heterocycles. The van der Waals surface area contributed by atoms with Gasteiger partial charge in [-0.25, -0.2) is 9.78 Å². The molecule has 1 aliphatic heterocycles. The van der Waals surface area contributed by atoms with Crippen LogP contribution in [0.25, 0.3) is 33.2 Å². The van der Waals surface area contributed by atoms with Gasteiger partial charge in [-0.2, -0.15) is 0 Å². The van der Waals surface area contributed by atoms with Crippen LogP contribution in [0.1, 0.15) is 40.4 Å². The highest BCUT2D eigenvalue weighted by Gasteiger charge is 2.27. The second-order valence-corrected chi connectivity index (χ2v) is 9.44. The van der Waals surface area contributed by atoms with Gasteiger partial charge >= 0.3 is 5.69 Å². The van der Waals surface area contributed by atoms with Gasteiger partial charge in [0.25, 0.3) is 5.91 Å². The number of hydrogen-bond acceptors (Lipinski definition) is 3. The third-order valence-electron chi connectivity index (χ3n) is 7.34. The first-order valence-electron chi connectivity index (χ1n) is 12.0. The fourth-order valence-corrected chi connectivity index (χ4v) is 5.47. The number of nitrogens with one attached hydrogen (secondary N) is 2. The monoisotopic (exact) mass is 465 g/mol. The fraction of sp³-hybridized carbons (Fsp3) is 0.250. The zero-order valence-electron chi connectivity index (χ0n) is 19.8. The molecule has 2 aromatic carbocycles. The maximum atomic E-state index is 13.4. The summed E-state index contributed by atoms with van der Waals surface area (Å²) in [5, 5.41) is 1.30. The predicted molar refractivity (Wildman–Crippen MR) is 138 cm³/mol. The van der Waals surface area contributed by atoms with Gasteiger partial charge in [-0.1, -0.05) is 30.3 Å². The van der Waals surface area contributed by atoms with Crippen molar-refractivity contribution < 1.29 is 4.79 Å². The molecule has 0 unspecified atom stereocenters. The SMILES string of the molecule is Cc1[nH]c2ccccc2c1C1CCN(C(=O)c2cccc(-c3cnc4[nH]c(=O)n(C)c4c3)c2)CC1. The van der Waals surface area contributed by atoms with E-state index in [2.05, 4.69) is 46.1 Å². The summed E-state index contributed by atoms with van der Waals surface area (Å²) < 4.78 is 1.54. The van der Waals surface area contributed by atoms with Crippen molar-refractivity contribution in [1.82, 2.24) is 24.4 Å². The number of likely N-dealkylation sites (tertiary alicyclic amines) is 1. The van der Waals surface area contributed by atoms with E-state index in [1.807, 2.05) is 35.2 Å². The molecule has 0 radical (unpaired) electrons. The average molecular weight is 466 g/mol. The van der Waals surface area contributed by atoms with Crippen LogP contribution in [0.3, 0.4) is 0 Å². The van der Waals surface area contributed by atoms with Gasteiger partial charge in [0.2, 0.25) is 0 Å². The van der Waals surface area contributed by atoms with E-state index in [-0.39, 0.29) is 11.6 Å². The third-order valence-corrected chi connectivity index (χ3v) is 7.34. The number of fused-ring (bicyclic) bond motifs is 2. The molecule has 2 N–H and O–H groups in total. The molecule has 0 bridgehead atoms. The number of imidazole rings is 1. The van der Waals surface area contributed by atoms with E-state index in [1.54, 1.807) is 17.8 Å². The third kappa shape index (κ3) is 3.64. The summed E-state index contributed by atoms with van der Waals surface area (Å²) in [4.78, 5) is 37.9. The number of H-pyrrole nitrogens is 2. The van der Waals surface area contributed by atoms with Crippen molar-refractivity contribution in [1.29, 1.82) is 0 Å². The topological polar surface area (TPSA) is 86.8 Å². The van der Waals surface area contributed by atoms with Crippen LogP contribution in [-0.2, 0) is 7.05 Å². The number of carbonyl (C=O) groups excluding carboxylic acids is 1. The summed E-state index contributed by atoms with van der Waals surface area (Å²) in [5.74, 6) is 0.511. The largest absolute Gasteiger partial charge is 0.358 e. The number of amides is 1. The summed E-state index contributed by atoms with van der Waals surface area (Å²) in [6.45, 7) is 3.63. The first-order chi connectivity index (χ1) is 17.0. The molecule has 0 atom stereocenters. The van der Waals surface area contributed by atoms with Crippen LogP contribution in [0.4, 0.5) is 0 Å². The zero-order chi connectivity index (χ0) is 24.1. The maximum absolute atomic E-state index is 13.4. The molecular formula is C28H27N5O2. The number of hydrogen-bond donors (Lipinski definition) is 2. The van der Waals surface area contributed by atoms with Gasteiger partial charge in [-0.3, -0.25) is 14.3 Å². The van der Waals surface area contributed by atoms with Crippen LogP contribution in [0.5, 0.6) is 0 Å². The minimum atomic E-state index is -0.195. The number of carbonyl (C=O) groups is 1. The van der Waals surface area contributed by atoms with E-state index in [0.29, 0.717) is 17.1 Å². The molecule has 0 aliphatic carbocycles. The smallest absolute Gasteiger partial charge is 0.327 e. The van der Waals surface area contributed by atoms with Gasteiger partial charge in [0.05, 0.1) is 5.52 Å². The van der Waals surface area contributed by atoms with E-state index >= 15 is 0 Å². The minimum absolute atomic E-state index is 0.0593. The van der Waals surface area contributed by atoms with Gasteiger partial charge in [0.15, 0.2) is 5.65 Å². The summed E-state index contributed by atoms with van der Waals surface area (Å²) in [6, 6.07) is 18.1. The standard InChI is InChI=1S/C28H27N5O2/c1-17-25(22-8-3-4-9-23(22)30-17)18-10-12-33(13-11-18)27(34)20-7-5-6-19(14-20)21-15-24-26(29-16-21)31-28(35)32(24)2/h3-9,14-16,18,30H,10-13H2,1-2H3,(H,29,31,35). The van der Waals surface area contributed by atoms with E-state index in [1.165, 1.54) is 22.2 Å². The summed E-state index contributed by atoms with van der Waals surface area (Å²) in [6.07, 6.45) is 3.64. The first-order valence-corrected chi connectivity index (χ1v) is 12.0. The summed E-state index contributed by atoms with van der Waals surface area (Å²) in [7, 11) is 1.72. The zero-order valence-corrected chi connectivity index (χ0v) is 19.8. The highest BCUT2D eigenvalue weighted by Crippen LogP contribution is 2.36. The van der Waals surface area contributed by atoms with E-state index < -0.39 is 0 Å². The lowest BCUT2D eigenvalue weighted by Crippen LogP contribution is -2.38. The Morgan fingerprint density at radius 1 is 1.00 bits per heavy atom. The van der Waals surface area contributed by atoms with Crippen LogP contribution in [0, 0.1) is 6.92 Å². The fourth-order valence-electron chi connectivity index (χ4n) is 5.47. The molecule has 1 aliphatic rings. The van der Waals surface area contributed by atoms with Gasteiger partial charge < -0.3 is 9.88 Å². The maximum Gasteiger partial charge on any atom is 0.327 e. The minimum Gasteiger partial charge on any atom is -0.358 e. The molecule has 1 fully saturated rings. The molecule has 6 rings (SSSR count). The van der Waals surface area contributed by atoms with Crippen molar-refractivity contribution in [3.63, 3.8) is 0 Å². The number of piperidine rings is 1. The normalized spacial score (nSPS) is 14.7. The lowest BCUT2D eigenvalue weighted by atomic mass is 9.87. The molecule has 1 saturated heterocycles. The second kappa shape index (κ2) is 8.27. The molecule has 7 heteroatoms. The van der Waals surface area contributed by atoms with E-state index in [4.69, 9.17) is 0 Å². The molecule has 7 nitrogen and oxygen atoms in total. The molecule has 5 aromatic rings. The van der Waals surface area contributed by atoms with Crippen molar-refractivity contribution in [3.05, 3.63) is 88.1 Å². The number of rotatable bonds is 3. The van der Waals surface area contributed by atoms with Crippen molar-refractivity contribution in [2.24, 2.45) is 7.05 Å². The second-order valence-electron chi connectivity index (χ2n) is 9.44. The molecule has 1 amide bonds. The quantitative estimate of drug-likeness (QED) is 0.404. The molecule has 176 valence electrons. The molecule has 3 aromatic heterocycles. The van der Waals surface area contributed by atoms with Crippen LogP contribution in [-0.4, -0.2) is 43.4 Å². The lowest BCUT2D eigenvalue weighted by Gasteiger charge is -2.32. The van der Waals surface area contributed by atoms with Crippen LogP contribution < -0.4 is 5.69 Å². The predicted octanol–water partition coefficient (Wildman–Crippen LogP) is 4.74. The highest BCUT2D eigenvalue weighted by atomic mass is 16.2. The van der Waals surface area contributed by atoms with E-state index in [9.17, 15) is 9.59 Å². The Bertz CT molecular complexity index is 1630. The Morgan fingerprint density at radius 2 is 1.80 bits per heavy atom. The number of nitrogens with zero attached hydrogens (tertiary/aromatic N) is 3. The summed E-state index contributed by atoms with van der Waals surface area (Å²) in [5.41, 5.74) is 7.36. The number of aromatic amines is 2. The van der Waals surface area contributed by atoms with Crippen molar-refractivity contribution in [2.45, 2.75) is 25.7 Å². The Kier molecular flexibility index (Phi) is 5.06. The van der Waals surface area contributed by atoms with Gasteiger partial charge in [0.1, 0.15) is 0 Å². The number of para-hydroxylation sites is 1. The molecule has 0 saturated carbocycles. The Labute approximate surface area is 202 Å². The lowest BCUT2D eigenvalue weighted by molar-refractivity contribution is 0.0713. The van der Waals surface area contributed by atoms with Crippen LogP contribution in [0.15, 0.2) is 65.6 Å². The Hall–Kier alpha value is -4.13. The number of aryl methyl sites for hydroxylation is 2. The van der Waals surface area contributed by atoms with Crippen LogP contribution in [0.2, 0.25) is 0 Å². The Balaban J connectivity index is 1.21. The van der Waals surface area contributed by atoms with Gasteiger partial charge in [0, 0.05) is 54.1 Å². The molecule has 0 spiro atoms. The number of benzene rings is 2. The van der Waals surface area contributed by atoms with Crippen molar-refractivity contribution in [3.8, 4) is 11.1 Å². The van der Waals surface area contributed by atoms with E-state index in [0.717, 1.165) is 42.6 Å². The first kappa shape index (κ1) is 21.4. The van der Waals surface area contributed by atoms with Crippen molar-refractivity contribution in [2.75, 3.05) is 13.1 Å². The highest BCUT2D eigenvalue weighted by molar-refractivity contribution is 5.96. The van der Waals surface area contributed by atoms with Crippen LogP contribution >= 0.6 is 0 Å². The van der Waals surface area contributed by atoms with Gasteiger partial charge in [-0.05, 0) is 61.1 Å². The Morgan fingerprint density at radius 3 is 2.63 bits per heavy atom. The van der Waals surface area contributed by atoms with Gasteiger partial charge in [-0.15, -0.1) is 0 Å². The van der Waals surface area contributed by atoms with Crippen molar-refractivity contribution >= 4 is 28.0 Å². The summed E-state index contributed by atoms with van der Waals surface area (Å²) >= 11 is 0.